The van der Waals surface area contributed by atoms with Crippen LogP contribution < -0.4 is 14.9 Å². The topological polar surface area (TPSA) is 123 Å². The average Bonchev–Trinajstić information content (AvgIpc) is 3.21. The number of fused-ring (bicyclic) bond motifs is 3. The summed E-state index contributed by atoms with van der Waals surface area (Å²) < 4.78 is 39.8. The first-order chi connectivity index (χ1) is 17.2. The molecule has 4 aromatic rings. The molecule has 0 bridgehead atoms. The maximum Gasteiger partial charge on any atom is 0.264 e. The Balaban J connectivity index is 1.26. The molecule has 186 valence electrons. The van der Waals surface area contributed by atoms with Gasteiger partial charge in [-0.25, -0.2) is 27.5 Å². The number of rotatable bonds is 4. The molecule has 10 nitrogen and oxygen atoms in total. The lowest BCUT2D eigenvalue weighted by atomic mass is 10.2. The van der Waals surface area contributed by atoms with Crippen molar-refractivity contribution in [1.82, 2.24) is 24.6 Å². The summed E-state index contributed by atoms with van der Waals surface area (Å²) in [4.78, 5) is 27.3. The Hall–Kier alpha value is -3.84. The molecular weight excluding hydrogens is 505 g/mol. The number of amides is 1. The summed E-state index contributed by atoms with van der Waals surface area (Å²) in [5.74, 6) is -0.187. The quantitative estimate of drug-likeness (QED) is 0.344. The van der Waals surface area contributed by atoms with Gasteiger partial charge in [0.05, 0.1) is 15.8 Å². The first-order valence-corrected chi connectivity index (χ1v) is 13.0. The molecule has 3 heterocycles. The van der Waals surface area contributed by atoms with Crippen LogP contribution in [-0.2, 0) is 14.8 Å². The van der Waals surface area contributed by atoms with Crippen LogP contribution in [0, 0.1) is 5.82 Å². The molecule has 1 aliphatic heterocycles. The summed E-state index contributed by atoms with van der Waals surface area (Å²) in [6, 6.07) is 10.6. The number of carbonyl (C=O) groups excluding carboxylic acids is 1. The van der Waals surface area contributed by atoms with Gasteiger partial charge in [-0.3, -0.25) is 4.79 Å². The summed E-state index contributed by atoms with van der Waals surface area (Å²) >= 11 is 5.57. The Morgan fingerprint density at radius 1 is 1.08 bits per heavy atom. The molecule has 0 spiro atoms. The van der Waals surface area contributed by atoms with E-state index in [0.717, 1.165) is 23.5 Å². The fourth-order valence-electron chi connectivity index (χ4n) is 4.21. The largest absolute Gasteiger partial charge is 0.352 e. The second-order valence-electron chi connectivity index (χ2n) is 8.33. The number of hydrogen-bond donors (Lipinski definition) is 3. The van der Waals surface area contributed by atoms with Gasteiger partial charge in [0, 0.05) is 44.2 Å². The minimum absolute atomic E-state index is 0.0148. The van der Waals surface area contributed by atoms with E-state index >= 15 is 0 Å². The number of anilines is 2. The molecule has 2 aromatic heterocycles. The second-order valence-corrected chi connectivity index (χ2v) is 10.4. The van der Waals surface area contributed by atoms with Crippen LogP contribution in [0.15, 0.2) is 53.7 Å². The molecule has 1 aliphatic rings. The van der Waals surface area contributed by atoms with Crippen LogP contribution in [0.4, 0.5) is 15.9 Å². The third-order valence-corrected chi connectivity index (χ3v) is 7.70. The number of hydrogen-bond acceptors (Lipinski definition) is 7. The molecule has 5 rings (SSSR count). The Morgan fingerprint density at radius 2 is 1.81 bits per heavy atom. The first kappa shape index (κ1) is 23.9. The predicted molar refractivity (Wildman–Crippen MR) is 139 cm³/mol. The van der Waals surface area contributed by atoms with Crippen LogP contribution in [-0.4, -0.2) is 65.5 Å². The standard InChI is InChI=1S/C23H22FN7O3S2/c1-14(32)29-36(33,34)17-5-3-16(4-6-17)27-23(35)31-10-8-30(9-11-31)22-20-18-7-2-15(24)12-19(18)28-21(20)25-13-26-22/h2-7,12-13H,8-11H2,1H3,(H,27,35)(H,29,32)(H,25,26,28). The number of aromatic amines is 1. The van der Waals surface area contributed by atoms with Gasteiger partial charge in [0.25, 0.3) is 10.0 Å². The molecule has 1 saturated heterocycles. The van der Waals surface area contributed by atoms with Crippen molar-refractivity contribution >= 4 is 66.7 Å². The zero-order valence-corrected chi connectivity index (χ0v) is 20.8. The summed E-state index contributed by atoms with van der Waals surface area (Å²) in [7, 11) is -3.89. The molecular formula is C23H22FN7O3S2. The van der Waals surface area contributed by atoms with Gasteiger partial charge in [0.1, 0.15) is 23.6 Å². The normalized spacial score (nSPS) is 14.3. The molecule has 0 radical (unpaired) electrons. The number of H-pyrrole nitrogens is 1. The zero-order chi connectivity index (χ0) is 25.4. The molecule has 0 aliphatic carbocycles. The van der Waals surface area contributed by atoms with Crippen molar-refractivity contribution in [1.29, 1.82) is 0 Å². The third kappa shape index (κ3) is 4.66. The lowest BCUT2D eigenvalue weighted by molar-refractivity contribution is -0.117. The SMILES string of the molecule is CC(=O)NS(=O)(=O)c1ccc(NC(=S)N2CCN(c3ncnc4[nH]c5cc(F)ccc5c34)CC2)cc1. The van der Waals surface area contributed by atoms with E-state index in [1.165, 1.54) is 30.6 Å². The van der Waals surface area contributed by atoms with Crippen molar-refractivity contribution in [3.63, 3.8) is 0 Å². The fraction of sp³-hybridized carbons (Fsp3) is 0.217. The zero-order valence-electron chi connectivity index (χ0n) is 19.2. The number of nitrogens with one attached hydrogen (secondary N) is 3. The lowest BCUT2D eigenvalue weighted by Crippen LogP contribution is -2.50. The van der Waals surface area contributed by atoms with Crippen LogP contribution in [0.1, 0.15) is 6.92 Å². The Morgan fingerprint density at radius 3 is 2.50 bits per heavy atom. The van der Waals surface area contributed by atoms with Crippen LogP contribution in [0.25, 0.3) is 21.9 Å². The summed E-state index contributed by atoms with van der Waals surface area (Å²) in [6.45, 7) is 3.75. The fourth-order valence-corrected chi connectivity index (χ4v) is 5.50. The molecule has 1 amide bonds. The average molecular weight is 528 g/mol. The Kier molecular flexibility index (Phi) is 6.18. The van der Waals surface area contributed by atoms with Gasteiger partial charge in [0.2, 0.25) is 5.91 Å². The van der Waals surface area contributed by atoms with Gasteiger partial charge in [-0.2, -0.15) is 0 Å². The van der Waals surface area contributed by atoms with E-state index in [4.69, 9.17) is 12.2 Å². The van der Waals surface area contributed by atoms with Crippen molar-refractivity contribution in [3.8, 4) is 0 Å². The minimum atomic E-state index is -3.89. The number of thiocarbonyl (C=S) groups is 1. The summed E-state index contributed by atoms with van der Waals surface area (Å²) in [5.41, 5.74) is 1.96. The highest BCUT2D eigenvalue weighted by atomic mass is 32.2. The van der Waals surface area contributed by atoms with Crippen molar-refractivity contribution in [2.24, 2.45) is 0 Å². The van der Waals surface area contributed by atoms with Gasteiger partial charge in [-0.05, 0) is 54.7 Å². The number of nitrogens with zero attached hydrogens (tertiary/aromatic N) is 4. The first-order valence-electron chi connectivity index (χ1n) is 11.1. The van der Waals surface area contributed by atoms with Gasteiger partial charge < -0.3 is 20.1 Å². The van der Waals surface area contributed by atoms with Crippen LogP contribution >= 0.6 is 12.2 Å². The van der Waals surface area contributed by atoms with Crippen molar-refractivity contribution in [2.45, 2.75) is 11.8 Å². The van der Waals surface area contributed by atoms with Crippen molar-refractivity contribution in [3.05, 3.63) is 54.6 Å². The van der Waals surface area contributed by atoms with E-state index in [1.54, 1.807) is 18.2 Å². The number of sulfonamides is 1. The predicted octanol–water partition coefficient (Wildman–Crippen LogP) is 2.59. The van der Waals surface area contributed by atoms with Gasteiger partial charge in [0.15, 0.2) is 5.11 Å². The van der Waals surface area contributed by atoms with E-state index < -0.39 is 15.9 Å². The molecule has 0 atom stereocenters. The molecule has 36 heavy (non-hydrogen) atoms. The minimum Gasteiger partial charge on any atom is -0.352 e. The second kappa shape index (κ2) is 9.32. The number of halogens is 1. The summed E-state index contributed by atoms with van der Waals surface area (Å²) in [5, 5.41) is 5.37. The van der Waals surface area contributed by atoms with E-state index in [9.17, 15) is 17.6 Å². The van der Waals surface area contributed by atoms with Crippen LogP contribution in [0.2, 0.25) is 0 Å². The maximum atomic E-state index is 13.7. The smallest absolute Gasteiger partial charge is 0.264 e. The van der Waals surface area contributed by atoms with Gasteiger partial charge >= 0.3 is 0 Å². The maximum absolute atomic E-state index is 13.7. The molecule has 0 saturated carbocycles. The monoisotopic (exact) mass is 527 g/mol. The van der Waals surface area contributed by atoms with Crippen LogP contribution in [0.3, 0.4) is 0 Å². The van der Waals surface area contributed by atoms with E-state index in [-0.39, 0.29) is 10.7 Å². The highest BCUT2D eigenvalue weighted by Gasteiger charge is 2.23. The Bertz CT molecular complexity index is 1580. The number of benzene rings is 2. The highest BCUT2D eigenvalue weighted by Crippen LogP contribution is 2.31. The van der Waals surface area contributed by atoms with Gasteiger partial charge in [-0.1, -0.05) is 0 Å². The van der Waals surface area contributed by atoms with Crippen LogP contribution in [0.5, 0.6) is 0 Å². The number of piperazine rings is 1. The van der Waals surface area contributed by atoms with Crippen molar-refractivity contribution in [2.75, 3.05) is 36.4 Å². The van der Waals surface area contributed by atoms with E-state index in [0.29, 0.717) is 48.1 Å². The highest BCUT2D eigenvalue weighted by molar-refractivity contribution is 7.90. The lowest BCUT2D eigenvalue weighted by Gasteiger charge is -2.37. The number of aromatic nitrogens is 3. The number of carbonyl (C=O) groups is 1. The summed E-state index contributed by atoms with van der Waals surface area (Å²) in [6.07, 6.45) is 1.50. The molecule has 13 heteroatoms. The van der Waals surface area contributed by atoms with Gasteiger partial charge in [-0.15, -0.1) is 0 Å². The van der Waals surface area contributed by atoms with E-state index in [1.807, 2.05) is 9.62 Å². The van der Waals surface area contributed by atoms with E-state index in [2.05, 4.69) is 25.2 Å². The van der Waals surface area contributed by atoms with Crippen molar-refractivity contribution < 1.29 is 17.6 Å². The molecule has 0 unspecified atom stereocenters. The molecule has 3 N–H and O–H groups in total. The molecule has 1 fully saturated rings. The Labute approximate surface area is 211 Å². The third-order valence-electron chi connectivity index (χ3n) is 5.89. The molecule has 2 aromatic carbocycles.